The minimum absolute atomic E-state index is 0.336. The second-order valence-electron chi connectivity index (χ2n) is 4.63. The van der Waals surface area contributed by atoms with Gasteiger partial charge in [-0.3, -0.25) is 4.79 Å². The van der Waals surface area contributed by atoms with Gasteiger partial charge in [-0.25, -0.2) is 0 Å². The first-order chi connectivity index (χ1) is 5.84. The van der Waals surface area contributed by atoms with Crippen molar-refractivity contribution in [1.82, 2.24) is 5.32 Å². The zero-order valence-corrected chi connectivity index (χ0v) is 7.25. The molecule has 3 aliphatic carbocycles. The molecule has 2 heteroatoms. The third-order valence-corrected chi connectivity index (χ3v) is 3.34. The van der Waals surface area contributed by atoms with Crippen LogP contribution in [0.5, 0.6) is 0 Å². The molecule has 0 aromatic heterocycles. The molecule has 1 N–H and O–H groups in total. The number of nitrogens with one attached hydrogen (secondary N) is 1. The molecule has 66 valence electrons. The van der Waals surface area contributed by atoms with Gasteiger partial charge in [-0.05, 0) is 43.9 Å². The van der Waals surface area contributed by atoms with E-state index in [4.69, 9.17) is 0 Å². The van der Waals surface area contributed by atoms with Crippen molar-refractivity contribution in [3.63, 3.8) is 0 Å². The highest BCUT2D eigenvalue weighted by Crippen LogP contribution is 2.50. The van der Waals surface area contributed by atoms with Crippen LogP contribution in [0.25, 0.3) is 0 Å². The Hall–Kier alpha value is -0.530. The lowest BCUT2D eigenvalue weighted by Crippen LogP contribution is -2.28. The predicted molar refractivity (Wildman–Crippen MR) is 45.5 cm³/mol. The highest BCUT2D eigenvalue weighted by molar-refractivity contribution is 5.81. The van der Waals surface area contributed by atoms with Crippen LogP contribution in [0.15, 0.2) is 0 Å². The average Bonchev–Trinajstić information content (AvgIpc) is 2.86. The van der Waals surface area contributed by atoms with E-state index >= 15 is 0 Å². The minimum atomic E-state index is 0.336. The number of hydrogen-bond donors (Lipinski definition) is 1. The molecular weight excluding hydrogens is 150 g/mol. The molecule has 2 nitrogen and oxygen atoms in total. The number of amides is 1. The van der Waals surface area contributed by atoms with Gasteiger partial charge in [0.2, 0.25) is 5.91 Å². The molecule has 0 saturated heterocycles. The van der Waals surface area contributed by atoms with Crippen LogP contribution in [-0.4, -0.2) is 11.9 Å². The first kappa shape index (κ1) is 6.93. The number of carbonyl (C=O) groups is 1. The molecule has 3 saturated carbocycles. The van der Waals surface area contributed by atoms with Crippen LogP contribution < -0.4 is 5.32 Å². The van der Waals surface area contributed by atoms with Gasteiger partial charge in [-0.15, -0.1) is 0 Å². The lowest BCUT2D eigenvalue weighted by molar-refractivity contribution is -0.122. The van der Waals surface area contributed by atoms with Gasteiger partial charge in [-0.1, -0.05) is 0 Å². The smallest absolute Gasteiger partial charge is 0.223 e. The molecule has 0 aromatic rings. The van der Waals surface area contributed by atoms with E-state index in [1.54, 1.807) is 0 Å². The summed E-state index contributed by atoms with van der Waals surface area (Å²) in [6, 6.07) is 0.575. The largest absolute Gasteiger partial charge is 0.353 e. The Labute approximate surface area is 72.7 Å². The van der Waals surface area contributed by atoms with E-state index in [1.807, 2.05) is 0 Å². The van der Waals surface area contributed by atoms with E-state index < -0.39 is 0 Å². The standard InChI is InChI=1S/C10H15NO/c12-10(7-3-4-7)11-9-5-8(9)6-1-2-6/h6-9H,1-5H2,(H,11,12). The fraction of sp³-hybridized carbons (Fsp3) is 0.900. The Morgan fingerprint density at radius 3 is 2.50 bits per heavy atom. The van der Waals surface area contributed by atoms with Gasteiger partial charge in [-0.2, -0.15) is 0 Å². The van der Waals surface area contributed by atoms with Crippen LogP contribution in [0.4, 0.5) is 0 Å². The summed E-state index contributed by atoms with van der Waals surface area (Å²) >= 11 is 0. The topological polar surface area (TPSA) is 29.1 Å². The Morgan fingerprint density at radius 1 is 1.17 bits per heavy atom. The third-order valence-electron chi connectivity index (χ3n) is 3.34. The van der Waals surface area contributed by atoms with Crippen molar-refractivity contribution in [3.05, 3.63) is 0 Å². The van der Waals surface area contributed by atoms with Gasteiger partial charge in [0.05, 0.1) is 0 Å². The van der Waals surface area contributed by atoms with Crippen LogP contribution in [0, 0.1) is 17.8 Å². The van der Waals surface area contributed by atoms with Gasteiger partial charge < -0.3 is 5.32 Å². The highest BCUT2D eigenvalue weighted by Gasteiger charge is 2.48. The van der Waals surface area contributed by atoms with Crippen LogP contribution in [0.3, 0.4) is 0 Å². The Balaban J connectivity index is 1.47. The molecule has 3 fully saturated rings. The van der Waals surface area contributed by atoms with Gasteiger partial charge in [0.25, 0.3) is 0 Å². The lowest BCUT2D eigenvalue weighted by Gasteiger charge is -2.01. The van der Waals surface area contributed by atoms with Crippen molar-refractivity contribution >= 4 is 5.91 Å². The van der Waals surface area contributed by atoms with E-state index in [0.29, 0.717) is 17.9 Å². The van der Waals surface area contributed by atoms with Crippen LogP contribution in [0.2, 0.25) is 0 Å². The second kappa shape index (κ2) is 2.24. The van der Waals surface area contributed by atoms with Gasteiger partial charge in [0.15, 0.2) is 0 Å². The van der Waals surface area contributed by atoms with Crippen molar-refractivity contribution in [2.75, 3.05) is 0 Å². The fourth-order valence-corrected chi connectivity index (χ4v) is 2.07. The van der Waals surface area contributed by atoms with Crippen molar-refractivity contribution in [3.8, 4) is 0 Å². The van der Waals surface area contributed by atoms with E-state index in [9.17, 15) is 4.79 Å². The van der Waals surface area contributed by atoms with Crippen LogP contribution in [0.1, 0.15) is 32.1 Å². The van der Waals surface area contributed by atoms with E-state index in [0.717, 1.165) is 24.7 Å². The predicted octanol–water partition coefficient (Wildman–Crippen LogP) is 1.31. The van der Waals surface area contributed by atoms with Crippen LogP contribution in [-0.2, 0) is 4.79 Å². The van der Waals surface area contributed by atoms with E-state index in [2.05, 4.69) is 5.32 Å². The molecule has 0 bridgehead atoms. The third kappa shape index (κ3) is 1.23. The molecule has 0 heterocycles. The number of rotatable bonds is 3. The van der Waals surface area contributed by atoms with E-state index in [1.165, 1.54) is 19.3 Å². The lowest BCUT2D eigenvalue weighted by atomic mass is 10.2. The molecule has 0 aromatic carbocycles. The fourth-order valence-electron chi connectivity index (χ4n) is 2.07. The van der Waals surface area contributed by atoms with E-state index in [-0.39, 0.29) is 0 Å². The molecule has 2 unspecified atom stereocenters. The summed E-state index contributed by atoms with van der Waals surface area (Å²) in [5.74, 6) is 2.58. The minimum Gasteiger partial charge on any atom is -0.353 e. The summed E-state index contributed by atoms with van der Waals surface area (Å²) in [6.45, 7) is 0. The number of hydrogen-bond acceptors (Lipinski definition) is 1. The zero-order chi connectivity index (χ0) is 8.13. The quantitative estimate of drug-likeness (QED) is 0.671. The van der Waals surface area contributed by atoms with Crippen molar-refractivity contribution in [2.24, 2.45) is 17.8 Å². The molecule has 2 atom stereocenters. The first-order valence-electron chi connectivity index (χ1n) is 5.15. The number of carbonyl (C=O) groups excluding carboxylic acids is 1. The summed E-state index contributed by atoms with van der Waals surface area (Å²) in [6.07, 6.45) is 6.36. The Morgan fingerprint density at radius 2 is 1.92 bits per heavy atom. The summed E-state index contributed by atoms with van der Waals surface area (Å²) in [4.78, 5) is 11.3. The Bertz CT molecular complexity index is 218. The average molecular weight is 165 g/mol. The SMILES string of the molecule is O=C(NC1CC1C1CC1)C1CC1. The monoisotopic (exact) mass is 165 g/mol. The normalized spacial score (nSPS) is 39.3. The highest BCUT2D eigenvalue weighted by atomic mass is 16.2. The van der Waals surface area contributed by atoms with Crippen molar-refractivity contribution in [1.29, 1.82) is 0 Å². The molecule has 3 aliphatic rings. The van der Waals surface area contributed by atoms with Gasteiger partial charge >= 0.3 is 0 Å². The summed E-state index contributed by atoms with van der Waals surface area (Å²) in [5, 5.41) is 3.15. The molecular formula is C10H15NO. The molecule has 12 heavy (non-hydrogen) atoms. The Kier molecular flexibility index (Phi) is 1.29. The molecule has 1 amide bonds. The summed E-state index contributed by atoms with van der Waals surface area (Å²) in [5.41, 5.74) is 0. The summed E-state index contributed by atoms with van der Waals surface area (Å²) in [7, 11) is 0. The maximum atomic E-state index is 11.3. The van der Waals surface area contributed by atoms with Gasteiger partial charge in [0.1, 0.15) is 0 Å². The molecule has 0 radical (unpaired) electrons. The molecule has 0 aliphatic heterocycles. The van der Waals surface area contributed by atoms with Crippen molar-refractivity contribution in [2.45, 2.75) is 38.1 Å². The zero-order valence-electron chi connectivity index (χ0n) is 7.25. The second-order valence-corrected chi connectivity index (χ2v) is 4.63. The molecule has 3 rings (SSSR count). The maximum Gasteiger partial charge on any atom is 0.223 e. The first-order valence-corrected chi connectivity index (χ1v) is 5.15. The summed E-state index contributed by atoms with van der Waals surface area (Å²) < 4.78 is 0. The van der Waals surface area contributed by atoms with Crippen molar-refractivity contribution < 1.29 is 4.79 Å². The maximum absolute atomic E-state index is 11.3. The van der Waals surface area contributed by atoms with Gasteiger partial charge in [0, 0.05) is 12.0 Å². The van der Waals surface area contributed by atoms with Crippen LogP contribution >= 0.6 is 0 Å². The molecule has 0 spiro atoms.